The van der Waals surface area contributed by atoms with Gasteiger partial charge in [0, 0.05) is 12.4 Å². The molecule has 2 heterocycles. The Bertz CT molecular complexity index is 619. The number of benzene rings is 1. The van der Waals surface area contributed by atoms with Crippen molar-refractivity contribution in [2.75, 3.05) is 0 Å². The van der Waals surface area contributed by atoms with Crippen LogP contribution in [0.1, 0.15) is 5.01 Å². The first-order chi connectivity index (χ1) is 6.77. The number of rotatable bonds is 0. The quantitative estimate of drug-likeness (QED) is 0.547. The molecule has 14 heavy (non-hydrogen) atoms. The number of fused-ring (bicyclic) bond motifs is 3. The Morgan fingerprint density at radius 1 is 1.29 bits per heavy atom. The van der Waals surface area contributed by atoms with Gasteiger partial charge in [0.25, 0.3) is 0 Å². The molecule has 3 aromatic rings. The maximum Gasteiger partial charge on any atom is 0.152 e. The average molecular weight is 202 g/mol. The summed E-state index contributed by atoms with van der Waals surface area (Å²) in [7, 11) is 2.07. The summed E-state index contributed by atoms with van der Waals surface area (Å²) in [5, 5.41) is 2.45. The summed E-state index contributed by atoms with van der Waals surface area (Å²) in [5.41, 5.74) is 2.37. The summed E-state index contributed by atoms with van der Waals surface area (Å²) in [6, 6.07) is 8.45. The van der Waals surface area contributed by atoms with Gasteiger partial charge in [0.05, 0.1) is 15.2 Å². The Morgan fingerprint density at radius 2 is 2.07 bits per heavy atom. The zero-order chi connectivity index (χ0) is 9.71. The van der Waals surface area contributed by atoms with E-state index in [4.69, 9.17) is 0 Å². The average Bonchev–Trinajstić information content (AvgIpc) is 2.68. The van der Waals surface area contributed by atoms with Crippen molar-refractivity contribution in [2.24, 2.45) is 7.05 Å². The molecular weight excluding hydrogens is 192 g/mol. The topological polar surface area (TPSA) is 17.8 Å². The smallest absolute Gasteiger partial charge is 0.152 e. The van der Waals surface area contributed by atoms with Gasteiger partial charge in [0.1, 0.15) is 0 Å². The van der Waals surface area contributed by atoms with Crippen molar-refractivity contribution < 1.29 is 0 Å². The molecule has 0 aliphatic heterocycles. The zero-order valence-corrected chi connectivity index (χ0v) is 8.93. The van der Waals surface area contributed by atoms with Crippen LogP contribution in [-0.4, -0.2) is 9.55 Å². The number of para-hydroxylation sites is 1. The van der Waals surface area contributed by atoms with Gasteiger partial charge in [-0.15, -0.1) is 11.3 Å². The zero-order valence-electron chi connectivity index (χ0n) is 8.11. The molecule has 0 unspecified atom stereocenters. The van der Waals surface area contributed by atoms with Crippen molar-refractivity contribution in [3.8, 4) is 0 Å². The molecule has 0 radical (unpaired) electrons. The largest absolute Gasteiger partial charge is 0.328 e. The van der Waals surface area contributed by atoms with Crippen molar-refractivity contribution in [3.05, 3.63) is 29.3 Å². The summed E-state index contributed by atoms with van der Waals surface area (Å²) in [6.07, 6.45) is 0. The van der Waals surface area contributed by atoms with Crippen LogP contribution < -0.4 is 0 Å². The standard InChI is InChI=1S/C11H10N2S/c1-7-12-11-10(14-7)8-5-3-4-6-9(8)13(11)2/h3-6H,1-2H3. The highest BCUT2D eigenvalue weighted by Crippen LogP contribution is 2.31. The molecule has 0 saturated carbocycles. The fourth-order valence-corrected chi connectivity index (χ4v) is 2.88. The van der Waals surface area contributed by atoms with Crippen LogP contribution in [0.25, 0.3) is 21.3 Å². The number of nitrogens with zero attached hydrogens (tertiary/aromatic N) is 2. The highest BCUT2D eigenvalue weighted by molar-refractivity contribution is 7.19. The molecule has 2 nitrogen and oxygen atoms in total. The van der Waals surface area contributed by atoms with Gasteiger partial charge in [-0.05, 0) is 13.0 Å². The van der Waals surface area contributed by atoms with Crippen LogP contribution in [0.5, 0.6) is 0 Å². The molecule has 1 aromatic carbocycles. The third-order valence-electron chi connectivity index (χ3n) is 2.54. The maximum atomic E-state index is 4.53. The third-order valence-corrected chi connectivity index (χ3v) is 3.54. The number of hydrogen-bond acceptors (Lipinski definition) is 2. The molecular formula is C11H10N2S. The van der Waals surface area contributed by atoms with Gasteiger partial charge in [0.2, 0.25) is 0 Å². The number of aryl methyl sites for hydroxylation is 2. The van der Waals surface area contributed by atoms with Crippen LogP contribution in [0.3, 0.4) is 0 Å². The van der Waals surface area contributed by atoms with E-state index in [1.807, 2.05) is 0 Å². The van der Waals surface area contributed by atoms with Crippen LogP contribution in [0.2, 0.25) is 0 Å². The van der Waals surface area contributed by atoms with E-state index in [1.54, 1.807) is 11.3 Å². The van der Waals surface area contributed by atoms with E-state index in [1.165, 1.54) is 15.6 Å². The number of aromatic nitrogens is 2. The first-order valence-corrected chi connectivity index (χ1v) is 5.39. The Morgan fingerprint density at radius 3 is 2.93 bits per heavy atom. The van der Waals surface area contributed by atoms with Gasteiger partial charge >= 0.3 is 0 Å². The second-order valence-electron chi connectivity index (χ2n) is 3.46. The van der Waals surface area contributed by atoms with E-state index in [2.05, 4.69) is 47.8 Å². The van der Waals surface area contributed by atoms with Crippen LogP contribution >= 0.6 is 11.3 Å². The highest BCUT2D eigenvalue weighted by atomic mass is 32.1. The molecule has 0 aliphatic rings. The Hall–Kier alpha value is -1.35. The van der Waals surface area contributed by atoms with Gasteiger partial charge in [-0.2, -0.15) is 0 Å². The highest BCUT2D eigenvalue weighted by Gasteiger charge is 2.10. The molecule has 3 heteroatoms. The predicted molar refractivity (Wildman–Crippen MR) is 60.8 cm³/mol. The van der Waals surface area contributed by atoms with Gasteiger partial charge < -0.3 is 4.57 Å². The second-order valence-corrected chi connectivity index (χ2v) is 4.66. The maximum absolute atomic E-state index is 4.53. The van der Waals surface area contributed by atoms with E-state index < -0.39 is 0 Å². The van der Waals surface area contributed by atoms with Gasteiger partial charge in [-0.25, -0.2) is 4.98 Å². The SMILES string of the molecule is Cc1nc2c(s1)c1ccccc1n2C. The Kier molecular flexibility index (Phi) is 1.47. The van der Waals surface area contributed by atoms with Crippen molar-refractivity contribution in [1.82, 2.24) is 9.55 Å². The molecule has 0 saturated heterocycles. The Balaban J connectivity index is 2.65. The predicted octanol–water partition coefficient (Wildman–Crippen LogP) is 3.10. The first-order valence-electron chi connectivity index (χ1n) is 4.58. The molecule has 3 rings (SSSR count). The molecule has 0 amide bonds. The van der Waals surface area contributed by atoms with E-state index >= 15 is 0 Å². The number of hydrogen-bond donors (Lipinski definition) is 0. The monoisotopic (exact) mass is 202 g/mol. The molecule has 70 valence electrons. The lowest BCUT2D eigenvalue weighted by Gasteiger charge is -1.94. The van der Waals surface area contributed by atoms with E-state index in [-0.39, 0.29) is 0 Å². The number of thiazole rings is 1. The Labute approximate surface area is 85.8 Å². The van der Waals surface area contributed by atoms with Crippen LogP contribution in [0.4, 0.5) is 0 Å². The summed E-state index contributed by atoms with van der Waals surface area (Å²) in [6.45, 7) is 2.06. The molecule has 0 aliphatic carbocycles. The minimum atomic E-state index is 1.11. The van der Waals surface area contributed by atoms with E-state index in [0.29, 0.717) is 0 Å². The molecule has 2 aromatic heterocycles. The van der Waals surface area contributed by atoms with Crippen molar-refractivity contribution in [3.63, 3.8) is 0 Å². The molecule has 0 fully saturated rings. The molecule has 0 spiro atoms. The minimum absolute atomic E-state index is 1.11. The minimum Gasteiger partial charge on any atom is -0.328 e. The van der Waals surface area contributed by atoms with Crippen molar-refractivity contribution in [2.45, 2.75) is 6.92 Å². The lowest BCUT2D eigenvalue weighted by molar-refractivity contribution is 0.989. The van der Waals surface area contributed by atoms with E-state index in [0.717, 1.165) is 10.7 Å². The molecule has 0 N–H and O–H groups in total. The summed E-state index contributed by atoms with van der Waals surface area (Å²) in [5.74, 6) is 0. The van der Waals surface area contributed by atoms with Crippen LogP contribution in [0.15, 0.2) is 24.3 Å². The fourth-order valence-electron chi connectivity index (χ4n) is 1.89. The normalized spacial score (nSPS) is 11.6. The lowest BCUT2D eigenvalue weighted by atomic mass is 10.2. The van der Waals surface area contributed by atoms with E-state index in [9.17, 15) is 0 Å². The molecule has 0 atom stereocenters. The summed E-state index contributed by atoms with van der Waals surface area (Å²) < 4.78 is 3.47. The van der Waals surface area contributed by atoms with Crippen LogP contribution in [-0.2, 0) is 7.05 Å². The van der Waals surface area contributed by atoms with Crippen LogP contribution in [0, 0.1) is 6.92 Å². The second kappa shape index (κ2) is 2.58. The first kappa shape index (κ1) is 8.00. The third kappa shape index (κ3) is 0.876. The van der Waals surface area contributed by atoms with Gasteiger partial charge in [-0.3, -0.25) is 0 Å². The summed E-state index contributed by atoms with van der Waals surface area (Å²) in [4.78, 5) is 4.53. The summed E-state index contributed by atoms with van der Waals surface area (Å²) >= 11 is 1.77. The van der Waals surface area contributed by atoms with Gasteiger partial charge in [0.15, 0.2) is 5.65 Å². The fraction of sp³-hybridized carbons (Fsp3) is 0.182. The molecule has 0 bridgehead atoms. The van der Waals surface area contributed by atoms with Gasteiger partial charge in [-0.1, -0.05) is 18.2 Å². The van der Waals surface area contributed by atoms with Crippen molar-refractivity contribution >= 4 is 32.6 Å². The van der Waals surface area contributed by atoms with Crippen molar-refractivity contribution in [1.29, 1.82) is 0 Å². The lowest BCUT2D eigenvalue weighted by Crippen LogP contribution is -1.87.